The minimum absolute atomic E-state index is 0.332. The van der Waals surface area contributed by atoms with Crippen LogP contribution in [0.4, 0.5) is 0 Å². The molecule has 0 unspecified atom stereocenters. The van der Waals surface area contributed by atoms with Gasteiger partial charge in [0.15, 0.2) is 0 Å². The van der Waals surface area contributed by atoms with Crippen LogP contribution < -0.4 is 0 Å². The first-order valence-corrected chi connectivity index (χ1v) is 3.59. The summed E-state index contributed by atoms with van der Waals surface area (Å²) in [7, 11) is 0. The maximum Gasteiger partial charge on any atom is 0.140 e. The van der Waals surface area contributed by atoms with E-state index in [9.17, 15) is 4.79 Å². The Bertz CT molecular complexity index is 169. The molecule has 0 saturated heterocycles. The molecule has 0 aromatic heterocycles. The number of hydrogen-bond donors (Lipinski definition) is 0. The van der Waals surface area contributed by atoms with Gasteiger partial charge in [-0.25, -0.2) is 0 Å². The van der Waals surface area contributed by atoms with Gasteiger partial charge < -0.3 is 0 Å². The maximum absolute atomic E-state index is 11.0. The molecule has 0 amide bonds. The van der Waals surface area contributed by atoms with Crippen LogP contribution in [0.15, 0.2) is 12.2 Å². The second kappa shape index (κ2) is 1.69. The Labute approximate surface area is 54.8 Å². The highest BCUT2D eigenvalue weighted by atomic mass is 16.1. The zero-order valence-corrected chi connectivity index (χ0v) is 5.34. The molecule has 0 heterocycles. The Morgan fingerprint density at radius 3 is 2.78 bits per heavy atom. The number of Topliss-reactive ketones (excluding diaryl/α,β-unsaturated/α-hetero) is 1. The van der Waals surface area contributed by atoms with E-state index in [1.165, 1.54) is 6.42 Å². The van der Waals surface area contributed by atoms with Crippen LogP contribution in [0.3, 0.4) is 0 Å². The Balaban J connectivity index is 2.16. The highest BCUT2D eigenvalue weighted by molar-refractivity contribution is 5.85. The van der Waals surface area contributed by atoms with Gasteiger partial charge in [0.1, 0.15) is 5.78 Å². The van der Waals surface area contributed by atoms with E-state index in [0.717, 1.165) is 12.8 Å². The summed E-state index contributed by atoms with van der Waals surface area (Å²) in [6.07, 6.45) is 7.40. The topological polar surface area (TPSA) is 17.1 Å². The smallest absolute Gasteiger partial charge is 0.140 e. The summed E-state index contributed by atoms with van der Waals surface area (Å²) in [5.41, 5.74) is 0. The van der Waals surface area contributed by atoms with Crippen molar-refractivity contribution >= 4 is 5.78 Å². The third kappa shape index (κ3) is 0.640. The van der Waals surface area contributed by atoms with Crippen LogP contribution in [0.2, 0.25) is 0 Å². The minimum Gasteiger partial charge on any atom is -0.299 e. The van der Waals surface area contributed by atoms with Crippen LogP contribution in [-0.2, 0) is 4.79 Å². The van der Waals surface area contributed by atoms with Crippen molar-refractivity contribution in [2.75, 3.05) is 0 Å². The first kappa shape index (κ1) is 5.21. The molecule has 1 saturated carbocycles. The Hall–Kier alpha value is -0.590. The molecule has 1 fully saturated rings. The molecule has 2 rings (SSSR count). The second-order valence-corrected chi connectivity index (χ2v) is 2.93. The summed E-state index contributed by atoms with van der Waals surface area (Å²) < 4.78 is 0. The van der Waals surface area contributed by atoms with Crippen molar-refractivity contribution < 1.29 is 4.79 Å². The van der Waals surface area contributed by atoms with Gasteiger partial charge in [0.2, 0.25) is 0 Å². The number of carbonyl (C=O) groups is 1. The van der Waals surface area contributed by atoms with Crippen LogP contribution in [0.5, 0.6) is 0 Å². The second-order valence-electron chi connectivity index (χ2n) is 2.93. The molecule has 1 heteroatoms. The molecule has 0 aromatic rings. The summed E-state index contributed by atoms with van der Waals surface area (Å²) in [6.45, 7) is 0. The van der Waals surface area contributed by atoms with E-state index >= 15 is 0 Å². The monoisotopic (exact) mass is 122 g/mol. The highest BCUT2D eigenvalue weighted by Gasteiger charge is 2.32. The van der Waals surface area contributed by atoms with Gasteiger partial charge in [-0.05, 0) is 18.8 Å². The normalized spacial score (nSPS) is 39.8. The van der Waals surface area contributed by atoms with E-state index in [1.807, 2.05) is 6.08 Å². The quantitative estimate of drug-likeness (QED) is 0.445. The van der Waals surface area contributed by atoms with Crippen molar-refractivity contribution in [3.63, 3.8) is 0 Å². The molecule has 0 radical (unpaired) electrons. The molecule has 0 bridgehead atoms. The van der Waals surface area contributed by atoms with E-state index < -0.39 is 0 Å². The van der Waals surface area contributed by atoms with Crippen molar-refractivity contribution in [2.45, 2.75) is 19.3 Å². The molecule has 2 aliphatic carbocycles. The number of fused-ring (bicyclic) bond motifs is 1. The van der Waals surface area contributed by atoms with E-state index in [4.69, 9.17) is 0 Å². The third-order valence-corrected chi connectivity index (χ3v) is 2.36. The van der Waals surface area contributed by atoms with Gasteiger partial charge >= 0.3 is 0 Å². The molecule has 0 aromatic carbocycles. The first-order chi connectivity index (χ1) is 4.38. The lowest BCUT2D eigenvalue weighted by Crippen LogP contribution is -2.30. The molecule has 9 heavy (non-hydrogen) atoms. The first-order valence-electron chi connectivity index (χ1n) is 3.59. The number of rotatable bonds is 0. The summed E-state index contributed by atoms with van der Waals surface area (Å²) in [6, 6.07) is 0. The molecule has 2 aliphatic rings. The molecule has 0 spiro atoms. The SMILES string of the molecule is O=C1CCC[C@H]2C=C[C@@H]12. The van der Waals surface area contributed by atoms with Crippen molar-refractivity contribution in [1.82, 2.24) is 0 Å². The maximum atomic E-state index is 11.0. The van der Waals surface area contributed by atoms with Crippen molar-refractivity contribution in [3.05, 3.63) is 12.2 Å². The van der Waals surface area contributed by atoms with Gasteiger partial charge in [0, 0.05) is 12.3 Å². The van der Waals surface area contributed by atoms with E-state index in [0.29, 0.717) is 17.6 Å². The predicted molar refractivity (Wildman–Crippen MR) is 35.0 cm³/mol. The average Bonchev–Trinajstić information content (AvgIpc) is 1.74. The van der Waals surface area contributed by atoms with Crippen molar-refractivity contribution in [2.24, 2.45) is 11.8 Å². The van der Waals surface area contributed by atoms with Gasteiger partial charge in [-0.15, -0.1) is 0 Å². The molecular weight excluding hydrogens is 112 g/mol. The molecule has 1 nitrogen and oxygen atoms in total. The zero-order valence-electron chi connectivity index (χ0n) is 5.34. The number of carbonyl (C=O) groups excluding carboxylic acids is 1. The number of hydrogen-bond acceptors (Lipinski definition) is 1. The molecule has 48 valence electrons. The lowest BCUT2D eigenvalue weighted by molar-refractivity contribution is -0.124. The van der Waals surface area contributed by atoms with Crippen LogP contribution in [0, 0.1) is 11.8 Å². The van der Waals surface area contributed by atoms with Crippen LogP contribution in [-0.4, -0.2) is 5.78 Å². The lowest BCUT2D eigenvalue weighted by atomic mass is 9.71. The van der Waals surface area contributed by atoms with Crippen LogP contribution >= 0.6 is 0 Å². The van der Waals surface area contributed by atoms with Gasteiger partial charge in [-0.3, -0.25) is 4.79 Å². The largest absolute Gasteiger partial charge is 0.299 e. The highest BCUT2D eigenvalue weighted by Crippen LogP contribution is 2.35. The standard InChI is InChI=1S/C8H10O/c9-8-3-1-2-6-4-5-7(6)8/h4-7H,1-3H2/t6-,7+/m0/s1. The molecule has 0 N–H and O–H groups in total. The van der Waals surface area contributed by atoms with E-state index in [2.05, 4.69) is 6.08 Å². The van der Waals surface area contributed by atoms with Gasteiger partial charge in [-0.1, -0.05) is 12.2 Å². The van der Waals surface area contributed by atoms with Crippen LogP contribution in [0.25, 0.3) is 0 Å². The fourth-order valence-electron chi connectivity index (χ4n) is 1.68. The summed E-state index contributed by atoms with van der Waals surface area (Å²) in [5, 5.41) is 0. The predicted octanol–water partition coefficient (Wildman–Crippen LogP) is 1.54. The zero-order chi connectivity index (χ0) is 6.27. The van der Waals surface area contributed by atoms with Gasteiger partial charge in [0.05, 0.1) is 0 Å². The van der Waals surface area contributed by atoms with Crippen molar-refractivity contribution in [1.29, 1.82) is 0 Å². The minimum atomic E-state index is 0.332. The van der Waals surface area contributed by atoms with Crippen molar-refractivity contribution in [3.8, 4) is 0 Å². The fraction of sp³-hybridized carbons (Fsp3) is 0.625. The molecular formula is C8H10O. The Morgan fingerprint density at radius 2 is 2.33 bits per heavy atom. The van der Waals surface area contributed by atoms with Crippen LogP contribution in [0.1, 0.15) is 19.3 Å². The van der Waals surface area contributed by atoms with Gasteiger partial charge in [-0.2, -0.15) is 0 Å². The average molecular weight is 122 g/mol. The Morgan fingerprint density at radius 1 is 1.44 bits per heavy atom. The van der Waals surface area contributed by atoms with E-state index in [-0.39, 0.29) is 0 Å². The fourth-order valence-corrected chi connectivity index (χ4v) is 1.68. The number of ketones is 1. The molecule has 0 aliphatic heterocycles. The lowest BCUT2D eigenvalue weighted by Gasteiger charge is -2.32. The summed E-state index contributed by atoms with van der Waals surface area (Å²) in [5.74, 6) is 1.43. The Kier molecular flexibility index (Phi) is 0.981. The summed E-state index contributed by atoms with van der Waals surface area (Å²) in [4.78, 5) is 11.0. The summed E-state index contributed by atoms with van der Waals surface area (Å²) >= 11 is 0. The molecule has 2 atom stereocenters. The van der Waals surface area contributed by atoms with E-state index in [1.54, 1.807) is 0 Å². The van der Waals surface area contributed by atoms with Gasteiger partial charge in [0.25, 0.3) is 0 Å². The third-order valence-electron chi connectivity index (χ3n) is 2.36. The number of allylic oxidation sites excluding steroid dienone is 2.